The molecule has 0 rings (SSSR count). The summed E-state index contributed by atoms with van der Waals surface area (Å²) >= 11 is 0. The van der Waals surface area contributed by atoms with Crippen LogP contribution in [-0.4, -0.2) is 38.1 Å². The normalized spacial score (nSPS) is 14.5. The molecule has 5 nitrogen and oxygen atoms in total. The first kappa shape index (κ1) is 11.9. The molecule has 5 heteroatoms. The molecule has 1 amide bonds. The highest BCUT2D eigenvalue weighted by atomic mass is 16.5. The van der Waals surface area contributed by atoms with Crippen LogP contribution in [0.4, 0.5) is 0 Å². The smallest absolute Gasteiger partial charge is 0.329 e. The summed E-state index contributed by atoms with van der Waals surface area (Å²) in [6.07, 6.45) is 0. The molecule has 2 atom stereocenters. The van der Waals surface area contributed by atoms with Crippen LogP contribution in [0.2, 0.25) is 0 Å². The van der Waals surface area contributed by atoms with Crippen molar-refractivity contribution in [2.75, 3.05) is 14.2 Å². The molecule has 0 saturated heterocycles. The third-order valence-corrected chi connectivity index (χ3v) is 1.77. The fourth-order valence-corrected chi connectivity index (χ4v) is 0.901. The van der Waals surface area contributed by atoms with E-state index in [1.165, 1.54) is 14.0 Å². The Kier molecular flexibility index (Phi) is 5.06. The number of nitrogens with one attached hydrogen (secondary N) is 2. The minimum Gasteiger partial charge on any atom is -0.467 e. The molecule has 0 radical (unpaired) electrons. The minimum absolute atomic E-state index is 0.156. The lowest BCUT2D eigenvalue weighted by molar-refractivity contribution is -0.145. The summed E-state index contributed by atoms with van der Waals surface area (Å²) in [5.74, 6) is -0.699. The number of likely N-dealkylation sites (N-methyl/N-ethyl adjacent to an activating group) is 1. The zero-order valence-electron chi connectivity index (χ0n) is 8.38. The molecule has 0 spiro atoms. The van der Waals surface area contributed by atoms with Gasteiger partial charge in [-0.15, -0.1) is 0 Å². The molecule has 76 valence electrons. The van der Waals surface area contributed by atoms with E-state index in [1.807, 2.05) is 0 Å². The first-order valence-electron chi connectivity index (χ1n) is 4.05. The maximum Gasteiger partial charge on any atom is 0.329 e. The van der Waals surface area contributed by atoms with Gasteiger partial charge in [0.25, 0.3) is 0 Å². The predicted molar refractivity (Wildman–Crippen MR) is 48.1 cm³/mol. The largest absolute Gasteiger partial charge is 0.467 e. The molecule has 0 aliphatic carbocycles. The fraction of sp³-hybridized carbons (Fsp3) is 0.750. The van der Waals surface area contributed by atoms with Crippen LogP contribution in [0.15, 0.2) is 0 Å². The Morgan fingerprint density at radius 3 is 2.23 bits per heavy atom. The fourth-order valence-electron chi connectivity index (χ4n) is 0.901. The Labute approximate surface area is 77.8 Å². The summed E-state index contributed by atoms with van der Waals surface area (Å²) in [5.41, 5.74) is 0. The first-order chi connectivity index (χ1) is 6.02. The zero-order valence-corrected chi connectivity index (χ0v) is 8.38. The summed E-state index contributed by atoms with van der Waals surface area (Å²) in [4.78, 5) is 21.9. The monoisotopic (exact) mass is 188 g/mol. The van der Waals surface area contributed by atoms with Crippen LogP contribution in [0.25, 0.3) is 0 Å². The SMILES string of the molecule is CNC(C)C(NC(C)=O)C(=O)OC. The highest BCUT2D eigenvalue weighted by Gasteiger charge is 2.25. The van der Waals surface area contributed by atoms with Gasteiger partial charge >= 0.3 is 5.97 Å². The second-order valence-corrected chi connectivity index (χ2v) is 2.78. The third kappa shape index (κ3) is 3.89. The Hall–Kier alpha value is -1.10. The van der Waals surface area contributed by atoms with Gasteiger partial charge in [0.15, 0.2) is 0 Å². The van der Waals surface area contributed by atoms with E-state index in [2.05, 4.69) is 15.4 Å². The molecule has 0 aromatic carbocycles. The van der Waals surface area contributed by atoms with E-state index in [0.29, 0.717) is 0 Å². The van der Waals surface area contributed by atoms with Gasteiger partial charge in [-0.3, -0.25) is 4.79 Å². The van der Waals surface area contributed by atoms with E-state index >= 15 is 0 Å². The molecule has 0 aliphatic heterocycles. The Morgan fingerprint density at radius 1 is 1.38 bits per heavy atom. The van der Waals surface area contributed by atoms with E-state index in [9.17, 15) is 9.59 Å². The standard InChI is InChI=1S/C8H16N2O3/c1-5(9-3)7(8(12)13-4)10-6(2)11/h5,7,9H,1-4H3,(H,10,11). The molecule has 0 bridgehead atoms. The van der Waals surface area contributed by atoms with Gasteiger partial charge in [0.2, 0.25) is 5.91 Å². The molecular formula is C8H16N2O3. The summed E-state index contributed by atoms with van der Waals surface area (Å²) < 4.78 is 4.54. The topological polar surface area (TPSA) is 67.4 Å². The number of hydrogen-bond acceptors (Lipinski definition) is 4. The van der Waals surface area contributed by atoms with Crippen LogP contribution in [0.1, 0.15) is 13.8 Å². The van der Waals surface area contributed by atoms with E-state index in [-0.39, 0.29) is 11.9 Å². The van der Waals surface area contributed by atoms with Crippen LogP contribution in [0.3, 0.4) is 0 Å². The molecule has 2 unspecified atom stereocenters. The summed E-state index contributed by atoms with van der Waals surface area (Å²) in [5, 5.41) is 5.38. The molecule has 13 heavy (non-hydrogen) atoms. The minimum atomic E-state index is -0.632. The molecule has 0 saturated carbocycles. The number of hydrogen-bond donors (Lipinski definition) is 2. The predicted octanol–water partition coefficient (Wildman–Crippen LogP) is -0.728. The number of rotatable bonds is 4. The lowest BCUT2D eigenvalue weighted by atomic mass is 10.1. The number of esters is 1. The molecule has 0 heterocycles. The van der Waals surface area contributed by atoms with E-state index < -0.39 is 12.0 Å². The number of carbonyl (C=O) groups excluding carboxylic acids is 2. The summed E-state index contributed by atoms with van der Waals surface area (Å²) in [6, 6.07) is -0.788. The molecular weight excluding hydrogens is 172 g/mol. The number of carbonyl (C=O) groups is 2. The maximum atomic E-state index is 11.2. The first-order valence-corrected chi connectivity index (χ1v) is 4.05. The van der Waals surface area contributed by atoms with Gasteiger partial charge in [0, 0.05) is 13.0 Å². The average Bonchev–Trinajstić information content (AvgIpc) is 2.11. The third-order valence-electron chi connectivity index (χ3n) is 1.77. The van der Waals surface area contributed by atoms with Crippen LogP contribution in [0, 0.1) is 0 Å². The zero-order chi connectivity index (χ0) is 10.4. The van der Waals surface area contributed by atoms with Crippen LogP contribution in [-0.2, 0) is 14.3 Å². The van der Waals surface area contributed by atoms with Crippen molar-refractivity contribution in [2.24, 2.45) is 0 Å². The average molecular weight is 188 g/mol. The molecule has 0 aromatic heterocycles. The van der Waals surface area contributed by atoms with Crippen LogP contribution in [0.5, 0.6) is 0 Å². The van der Waals surface area contributed by atoms with Crippen molar-refractivity contribution in [3.05, 3.63) is 0 Å². The highest BCUT2D eigenvalue weighted by molar-refractivity contribution is 5.83. The van der Waals surface area contributed by atoms with Gasteiger partial charge in [0.1, 0.15) is 6.04 Å². The quantitative estimate of drug-likeness (QED) is 0.571. The van der Waals surface area contributed by atoms with Crippen molar-refractivity contribution in [3.63, 3.8) is 0 Å². The molecule has 0 aliphatic rings. The van der Waals surface area contributed by atoms with Crippen molar-refractivity contribution in [3.8, 4) is 0 Å². The van der Waals surface area contributed by atoms with Crippen LogP contribution >= 0.6 is 0 Å². The van der Waals surface area contributed by atoms with Gasteiger partial charge < -0.3 is 15.4 Å². The summed E-state index contributed by atoms with van der Waals surface area (Å²) in [6.45, 7) is 3.15. The maximum absolute atomic E-state index is 11.2. The Morgan fingerprint density at radius 2 is 1.92 bits per heavy atom. The summed E-state index contributed by atoms with van der Waals surface area (Å²) in [7, 11) is 3.00. The molecule has 0 aromatic rings. The second-order valence-electron chi connectivity index (χ2n) is 2.78. The van der Waals surface area contributed by atoms with E-state index in [1.54, 1.807) is 14.0 Å². The van der Waals surface area contributed by atoms with Gasteiger partial charge in [0.05, 0.1) is 7.11 Å². The van der Waals surface area contributed by atoms with Gasteiger partial charge in [-0.05, 0) is 14.0 Å². The van der Waals surface area contributed by atoms with Crippen molar-refractivity contribution >= 4 is 11.9 Å². The number of amides is 1. The molecule has 0 fully saturated rings. The second kappa shape index (κ2) is 5.53. The van der Waals surface area contributed by atoms with Gasteiger partial charge in [-0.1, -0.05) is 0 Å². The number of methoxy groups -OCH3 is 1. The lowest BCUT2D eigenvalue weighted by Gasteiger charge is -2.21. The lowest BCUT2D eigenvalue weighted by Crippen LogP contribution is -2.52. The van der Waals surface area contributed by atoms with E-state index in [4.69, 9.17) is 0 Å². The molecule has 2 N–H and O–H groups in total. The van der Waals surface area contributed by atoms with Crippen molar-refractivity contribution in [1.82, 2.24) is 10.6 Å². The van der Waals surface area contributed by atoms with Gasteiger partial charge in [-0.25, -0.2) is 4.79 Å². The van der Waals surface area contributed by atoms with Crippen molar-refractivity contribution < 1.29 is 14.3 Å². The van der Waals surface area contributed by atoms with Crippen LogP contribution < -0.4 is 10.6 Å². The van der Waals surface area contributed by atoms with E-state index in [0.717, 1.165) is 0 Å². The Balaban J connectivity index is 4.35. The van der Waals surface area contributed by atoms with Crippen molar-refractivity contribution in [1.29, 1.82) is 0 Å². The Bertz CT molecular complexity index is 194. The van der Waals surface area contributed by atoms with Gasteiger partial charge in [-0.2, -0.15) is 0 Å². The van der Waals surface area contributed by atoms with Crippen molar-refractivity contribution in [2.45, 2.75) is 25.9 Å². The highest BCUT2D eigenvalue weighted by Crippen LogP contribution is 1.95. The number of ether oxygens (including phenoxy) is 1.